The van der Waals surface area contributed by atoms with Crippen molar-refractivity contribution in [2.24, 2.45) is 5.92 Å². The lowest BCUT2D eigenvalue weighted by Crippen LogP contribution is -2.50. The van der Waals surface area contributed by atoms with Crippen LogP contribution in [-0.2, 0) is 14.3 Å². The smallest absolute Gasteiger partial charge is 0.326 e. The minimum atomic E-state index is -1.02. The van der Waals surface area contributed by atoms with Gasteiger partial charge in [-0.3, -0.25) is 4.79 Å². The molecule has 0 radical (unpaired) electrons. The standard InChI is InChI=1S/C11H21NO4/c1-7(2)6-8(9(13)14)12-10(15)11(3,4)16-5/h7-8H,6H2,1-5H3,(H,12,15)(H,13,14)/t8-/m1/s1. The van der Waals surface area contributed by atoms with E-state index in [1.54, 1.807) is 13.8 Å². The largest absolute Gasteiger partial charge is 0.480 e. The number of amides is 1. The van der Waals surface area contributed by atoms with Crippen molar-refractivity contribution < 1.29 is 19.4 Å². The van der Waals surface area contributed by atoms with Crippen LogP contribution >= 0.6 is 0 Å². The molecule has 0 spiro atoms. The Morgan fingerprint density at radius 1 is 1.38 bits per heavy atom. The fourth-order valence-electron chi connectivity index (χ4n) is 1.12. The molecule has 0 rings (SSSR count). The predicted molar refractivity (Wildman–Crippen MR) is 60.1 cm³/mol. The van der Waals surface area contributed by atoms with Gasteiger partial charge in [-0.15, -0.1) is 0 Å². The lowest BCUT2D eigenvalue weighted by atomic mass is 10.0. The molecule has 0 fully saturated rings. The number of carbonyl (C=O) groups is 2. The second-order valence-electron chi connectivity index (χ2n) is 4.71. The van der Waals surface area contributed by atoms with Gasteiger partial charge in [-0.1, -0.05) is 13.8 Å². The van der Waals surface area contributed by atoms with Crippen LogP contribution < -0.4 is 5.32 Å². The van der Waals surface area contributed by atoms with Gasteiger partial charge < -0.3 is 15.2 Å². The molecule has 2 N–H and O–H groups in total. The molecular formula is C11H21NO4. The molecule has 0 aromatic heterocycles. The van der Waals surface area contributed by atoms with E-state index >= 15 is 0 Å². The molecule has 0 saturated heterocycles. The van der Waals surface area contributed by atoms with E-state index in [2.05, 4.69) is 5.32 Å². The number of carboxylic acid groups (broad SMARTS) is 1. The van der Waals surface area contributed by atoms with Crippen LogP contribution in [0.25, 0.3) is 0 Å². The number of methoxy groups -OCH3 is 1. The summed E-state index contributed by atoms with van der Waals surface area (Å²) in [6, 6.07) is -0.859. The summed E-state index contributed by atoms with van der Waals surface area (Å²) in [7, 11) is 1.41. The summed E-state index contributed by atoms with van der Waals surface area (Å²) in [5, 5.41) is 11.4. The first kappa shape index (κ1) is 14.9. The van der Waals surface area contributed by atoms with Gasteiger partial charge in [-0.05, 0) is 26.2 Å². The number of rotatable bonds is 6. The Bertz CT molecular complexity index is 261. The third-order valence-electron chi connectivity index (χ3n) is 2.37. The summed E-state index contributed by atoms with van der Waals surface area (Å²) in [6.45, 7) is 7.00. The van der Waals surface area contributed by atoms with Crippen LogP contribution in [0.15, 0.2) is 0 Å². The molecule has 94 valence electrons. The summed E-state index contributed by atoms with van der Waals surface area (Å²) >= 11 is 0. The number of hydrogen-bond acceptors (Lipinski definition) is 3. The quantitative estimate of drug-likeness (QED) is 0.715. The number of hydrogen-bond donors (Lipinski definition) is 2. The van der Waals surface area contributed by atoms with Crippen molar-refractivity contribution in [3.63, 3.8) is 0 Å². The highest BCUT2D eigenvalue weighted by atomic mass is 16.5. The average Bonchev–Trinajstić information content (AvgIpc) is 2.15. The molecule has 0 aliphatic rings. The maximum atomic E-state index is 11.7. The van der Waals surface area contributed by atoms with E-state index in [9.17, 15) is 9.59 Å². The average molecular weight is 231 g/mol. The van der Waals surface area contributed by atoms with Crippen molar-refractivity contribution in [3.05, 3.63) is 0 Å². The lowest BCUT2D eigenvalue weighted by molar-refractivity contribution is -0.147. The van der Waals surface area contributed by atoms with Gasteiger partial charge in [0.25, 0.3) is 5.91 Å². The molecule has 5 heteroatoms. The van der Waals surface area contributed by atoms with Gasteiger partial charge in [0.15, 0.2) is 0 Å². The van der Waals surface area contributed by atoms with Gasteiger partial charge >= 0.3 is 5.97 Å². The maximum Gasteiger partial charge on any atom is 0.326 e. The first-order valence-electron chi connectivity index (χ1n) is 5.29. The van der Waals surface area contributed by atoms with Gasteiger partial charge in [0.1, 0.15) is 11.6 Å². The summed E-state index contributed by atoms with van der Waals surface area (Å²) in [4.78, 5) is 22.6. The van der Waals surface area contributed by atoms with Gasteiger partial charge in [-0.25, -0.2) is 4.79 Å². The predicted octanol–water partition coefficient (Wildman–Crippen LogP) is 1.03. The Morgan fingerprint density at radius 3 is 2.19 bits per heavy atom. The van der Waals surface area contributed by atoms with Gasteiger partial charge in [0.2, 0.25) is 0 Å². The molecular weight excluding hydrogens is 210 g/mol. The zero-order valence-corrected chi connectivity index (χ0v) is 10.5. The zero-order chi connectivity index (χ0) is 12.9. The van der Waals surface area contributed by atoms with Crippen molar-refractivity contribution in [2.75, 3.05) is 7.11 Å². The highest BCUT2D eigenvalue weighted by molar-refractivity contribution is 5.88. The number of aliphatic carboxylic acids is 1. The summed E-state index contributed by atoms with van der Waals surface area (Å²) in [6.07, 6.45) is 0.404. The number of carboxylic acids is 1. The fraction of sp³-hybridized carbons (Fsp3) is 0.818. The number of ether oxygens (including phenoxy) is 1. The van der Waals surface area contributed by atoms with Crippen LogP contribution in [0.1, 0.15) is 34.1 Å². The molecule has 0 aliphatic carbocycles. The normalized spacial score (nSPS) is 13.6. The van der Waals surface area contributed by atoms with Crippen LogP contribution in [0.4, 0.5) is 0 Å². The molecule has 0 heterocycles. The third-order valence-corrected chi connectivity index (χ3v) is 2.37. The van der Waals surface area contributed by atoms with Crippen LogP contribution in [-0.4, -0.2) is 35.7 Å². The molecule has 5 nitrogen and oxygen atoms in total. The Hall–Kier alpha value is -1.10. The first-order chi connectivity index (χ1) is 7.20. The highest BCUT2D eigenvalue weighted by Crippen LogP contribution is 2.10. The minimum absolute atomic E-state index is 0.201. The first-order valence-corrected chi connectivity index (χ1v) is 5.29. The molecule has 0 unspecified atom stereocenters. The summed E-state index contributed by atoms with van der Waals surface area (Å²) < 4.78 is 4.98. The zero-order valence-electron chi connectivity index (χ0n) is 10.5. The van der Waals surface area contributed by atoms with Crippen LogP contribution in [0.3, 0.4) is 0 Å². The van der Waals surface area contributed by atoms with Crippen LogP contribution in [0.5, 0.6) is 0 Å². The van der Waals surface area contributed by atoms with Gasteiger partial charge in [0.05, 0.1) is 0 Å². The van der Waals surface area contributed by atoms with Crippen molar-refractivity contribution in [3.8, 4) is 0 Å². The van der Waals surface area contributed by atoms with Gasteiger partial charge in [0, 0.05) is 7.11 Å². The van der Waals surface area contributed by atoms with E-state index < -0.39 is 23.5 Å². The van der Waals surface area contributed by atoms with E-state index in [0.29, 0.717) is 6.42 Å². The minimum Gasteiger partial charge on any atom is -0.480 e. The molecule has 0 aliphatic heterocycles. The molecule has 16 heavy (non-hydrogen) atoms. The molecule has 0 saturated carbocycles. The van der Waals surface area contributed by atoms with Crippen molar-refractivity contribution in [2.45, 2.75) is 45.8 Å². The Balaban J connectivity index is 4.52. The molecule has 1 amide bonds. The Kier molecular flexibility index (Phi) is 5.44. The second-order valence-corrected chi connectivity index (χ2v) is 4.71. The van der Waals surface area contributed by atoms with E-state index in [-0.39, 0.29) is 5.92 Å². The van der Waals surface area contributed by atoms with Crippen LogP contribution in [0, 0.1) is 5.92 Å². The molecule has 1 atom stereocenters. The summed E-state index contributed by atoms with van der Waals surface area (Å²) in [5.74, 6) is -1.23. The number of nitrogens with one attached hydrogen (secondary N) is 1. The maximum absolute atomic E-state index is 11.7. The van der Waals surface area contributed by atoms with Crippen LogP contribution in [0.2, 0.25) is 0 Å². The Morgan fingerprint density at radius 2 is 1.88 bits per heavy atom. The van der Waals surface area contributed by atoms with Crippen molar-refractivity contribution in [1.82, 2.24) is 5.32 Å². The fourth-order valence-corrected chi connectivity index (χ4v) is 1.12. The third kappa shape index (κ3) is 4.61. The van der Waals surface area contributed by atoms with Gasteiger partial charge in [-0.2, -0.15) is 0 Å². The molecule has 0 aromatic carbocycles. The lowest BCUT2D eigenvalue weighted by Gasteiger charge is -2.25. The van der Waals surface area contributed by atoms with E-state index in [4.69, 9.17) is 9.84 Å². The SMILES string of the molecule is COC(C)(C)C(=O)N[C@H](CC(C)C)C(=O)O. The summed E-state index contributed by atoms with van der Waals surface area (Å²) in [5.41, 5.74) is -1.01. The molecule has 0 aromatic rings. The number of carbonyl (C=O) groups excluding carboxylic acids is 1. The van der Waals surface area contributed by atoms with E-state index in [0.717, 1.165) is 0 Å². The van der Waals surface area contributed by atoms with Crippen molar-refractivity contribution >= 4 is 11.9 Å². The Labute approximate surface area is 96.2 Å². The van der Waals surface area contributed by atoms with E-state index in [1.807, 2.05) is 13.8 Å². The second kappa shape index (κ2) is 5.84. The topological polar surface area (TPSA) is 75.6 Å². The molecule has 0 bridgehead atoms. The highest BCUT2D eigenvalue weighted by Gasteiger charge is 2.31. The monoisotopic (exact) mass is 231 g/mol. The van der Waals surface area contributed by atoms with E-state index in [1.165, 1.54) is 7.11 Å². The van der Waals surface area contributed by atoms with Crippen molar-refractivity contribution in [1.29, 1.82) is 0 Å².